The second-order valence-corrected chi connectivity index (χ2v) is 17.6. The summed E-state index contributed by atoms with van der Waals surface area (Å²) in [5.74, 6) is 0. The van der Waals surface area contributed by atoms with E-state index in [-0.39, 0.29) is 0 Å². The van der Waals surface area contributed by atoms with Crippen molar-refractivity contribution in [3.05, 3.63) is 285 Å². The van der Waals surface area contributed by atoms with Crippen LogP contribution < -0.4 is 4.90 Å². The fourth-order valence-corrected chi connectivity index (χ4v) is 10.2. The highest BCUT2D eigenvalue weighted by atomic mass is 15.1. The van der Waals surface area contributed by atoms with Crippen molar-refractivity contribution in [3.63, 3.8) is 0 Å². The van der Waals surface area contributed by atoms with Crippen molar-refractivity contribution in [2.45, 2.75) is 0 Å². The molecule has 0 aliphatic heterocycles. The molecule has 0 saturated heterocycles. The van der Waals surface area contributed by atoms with Crippen LogP contribution in [0.4, 0.5) is 17.1 Å². The molecule has 0 spiro atoms. The van der Waals surface area contributed by atoms with Gasteiger partial charge in [-0.3, -0.25) is 0 Å². The smallest absolute Gasteiger partial charge is 0.0468 e. The lowest BCUT2D eigenvalue weighted by Crippen LogP contribution is -2.10. The molecule has 1 nitrogen and oxygen atoms in total. The Hall–Kier alpha value is -9.04. The Labute approximate surface area is 404 Å². The van der Waals surface area contributed by atoms with Gasteiger partial charge in [-0.15, -0.1) is 0 Å². The van der Waals surface area contributed by atoms with Gasteiger partial charge < -0.3 is 4.90 Å². The monoisotopic (exact) mass is 877 g/mol. The summed E-state index contributed by atoms with van der Waals surface area (Å²) in [6.45, 7) is 0. The number of benzene rings is 12. The van der Waals surface area contributed by atoms with Gasteiger partial charge in [-0.1, -0.05) is 243 Å². The molecule has 0 fully saturated rings. The molecule has 1 heteroatoms. The van der Waals surface area contributed by atoms with Gasteiger partial charge >= 0.3 is 0 Å². The van der Waals surface area contributed by atoms with Crippen LogP contribution in [0.15, 0.2) is 285 Å². The highest BCUT2D eigenvalue weighted by molar-refractivity contribution is 6.22. The van der Waals surface area contributed by atoms with E-state index in [0.29, 0.717) is 0 Å². The number of rotatable bonds is 10. The summed E-state index contributed by atoms with van der Waals surface area (Å²) in [7, 11) is 0. The van der Waals surface area contributed by atoms with Gasteiger partial charge in [-0.2, -0.15) is 0 Å². The number of hydrogen-bond donors (Lipinski definition) is 0. The average Bonchev–Trinajstić information content (AvgIpc) is 3.44. The number of hydrogen-bond acceptors (Lipinski definition) is 1. The van der Waals surface area contributed by atoms with E-state index >= 15 is 0 Å². The third-order valence-electron chi connectivity index (χ3n) is 13.5. The fourth-order valence-electron chi connectivity index (χ4n) is 10.2. The van der Waals surface area contributed by atoms with Crippen molar-refractivity contribution < 1.29 is 0 Å². The molecule has 12 rings (SSSR count). The summed E-state index contributed by atoms with van der Waals surface area (Å²) in [5.41, 5.74) is 19.9. The molecule has 0 amide bonds. The summed E-state index contributed by atoms with van der Waals surface area (Å²) in [4.78, 5) is 2.44. The molecule has 12 aromatic carbocycles. The molecule has 0 N–H and O–H groups in total. The quantitative estimate of drug-likeness (QED) is 0.124. The zero-order valence-electron chi connectivity index (χ0n) is 38.1. The lowest BCUT2D eigenvalue weighted by molar-refractivity contribution is 1.29. The SMILES string of the molecule is c1ccc(-c2ccc(-c3ccc(N(c4ccc(-c5ccccc5)c(-c5ccccc5)c4)c4ccc5c(c4)c(-c4ccccc4)c(-c4ccccc4)c4ccccc45)cc3)c(-c3ccccc3)c2)cc1. The van der Waals surface area contributed by atoms with Gasteiger partial charge in [0.25, 0.3) is 0 Å². The molecule has 69 heavy (non-hydrogen) atoms. The van der Waals surface area contributed by atoms with Gasteiger partial charge in [0.1, 0.15) is 0 Å². The lowest BCUT2D eigenvalue weighted by Gasteiger charge is -2.28. The first-order valence-corrected chi connectivity index (χ1v) is 23.7. The van der Waals surface area contributed by atoms with Crippen LogP contribution in [0.3, 0.4) is 0 Å². The Bertz CT molecular complexity index is 3720. The van der Waals surface area contributed by atoms with Gasteiger partial charge in [0.05, 0.1) is 0 Å². The maximum absolute atomic E-state index is 2.44. The first kappa shape index (κ1) is 41.4. The molecule has 0 saturated carbocycles. The summed E-state index contributed by atoms with van der Waals surface area (Å²) in [5, 5.41) is 4.90. The number of fused-ring (bicyclic) bond motifs is 3. The van der Waals surface area contributed by atoms with Crippen molar-refractivity contribution in [2.75, 3.05) is 4.90 Å². The van der Waals surface area contributed by atoms with E-state index in [1.807, 2.05) is 0 Å². The summed E-state index contributed by atoms with van der Waals surface area (Å²) in [6, 6.07) is 104. The Morgan fingerprint density at radius 3 is 1.07 bits per heavy atom. The molecule has 0 aliphatic carbocycles. The molecule has 0 heterocycles. The Morgan fingerprint density at radius 2 is 0.522 bits per heavy atom. The fraction of sp³-hybridized carbons (Fsp3) is 0. The van der Waals surface area contributed by atoms with Crippen LogP contribution in [0.1, 0.15) is 0 Å². The highest BCUT2D eigenvalue weighted by Gasteiger charge is 2.22. The third-order valence-corrected chi connectivity index (χ3v) is 13.5. The van der Waals surface area contributed by atoms with E-state index in [4.69, 9.17) is 0 Å². The molecule has 0 unspecified atom stereocenters. The summed E-state index contributed by atoms with van der Waals surface area (Å²) in [6.07, 6.45) is 0. The molecule has 0 bridgehead atoms. The Morgan fingerprint density at radius 1 is 0.174 bits per heavy atom. The van der Waals surface area contributed by atoms with E-state index in [1.54, 1.807) is 0 Å². The molecular formula is C68H47N. The minimum absolute atomic E-state index is 1.07. The van der Waals surface area contributed by atoms with Crippen molar-refractivity contribution in [1.29, 1.82) is 0 Å². The predicted octanol–water partition coefficient (Wildman–Crippen LogP) is 19.1. The molecule has 0 radical (unpaired) electrons. The third kappa shape index (κ3) is 7.97. The number of anilines is 3. The van der Waals surface area contributed by atoms with Crippen molar-refractivity contribution in [3.8, 4) is 77.9 Å². The maximum atomic E-state index is 2.44. The van der Waals surface area contributed by atoms with Crippen LogP contribution in [0.2, 0.25) is 0 Å². The normalized spacial score (nSPS) is 11.2. The zero-order valence-corrected chi connectivity index (χ0v) is 38.1. The van der Waals surface area contributed by atoms with E-state index in [0.717, 1.165) is 22.6 Å². The van der Waals surface area contributed by atoms with Crippen LogP contribution in [0.5, 0.6) is 0 Å². The average molecular weight is 878 g/mol. The van der Waals surface area contributed by atoms with E-state index in [9.17, 15) is 0 Å². The van der Waals surface area contributed by atoms with Crippen LogP contribution in [-0.2, 0) is 0 Å². The van der Waals surface area contributed by atoms with Crippen LogP contribution in [-0.4, -0.2) is 0 Å². The number of nitrogens with zero attached hydrogens (tertiary/aromatic N) is 1. The predicted molar refractivity (Wildman–Crippen MR) is 294 cm³/mol. The van der Waals surface area contributed by atoms with Gasteiger partial charge in [0.15, 0.2) is 0 Å². The lowest BCUT2D eigenvalue weighted by atomic mass is 9.85. The maximum Gasteiger partial charge on any atom is 0.0468 e. The van der Waals surface area contributed by atoms with Crippen molar-refractivity contribution in [2.24, 2.45) is 0 Å². The largest absolute Gasteiger partial charge is 0.310 e. The minimum Gasteiger partial charge on any atom is -0.310 e. The van der Waals surface area contributed by atoms with E-state index in [2.05, 4.69) is 290 Å². The standard InChI is InChI=1S/C68H47N/c1-7-21-48(22-8-1)55-37-42-59(64(45-55)50-25-11-3-12-26-50)52-35-38-56(39-36-52)69(57-40-43-60(49-23-9-2-10-24-49)65(46-57)51-27-13-4-14-28-51)58-41-44-62-61-33-19-20-34-63(61)67(53-29-15-5-16-30-53)68(66(62)47-58)54-31-17-6-18-32-54/h1-47H. The van der Waals surface area contributed by atoms with Crippen LogP contribution in [0, 0.1) is 0 Å². The van der Waals surface area contributed by atoms with Gasteiger partial charge in [-0.25, -0.2) is 0 Å². The minimum atomic E-state index is 1.07. The van der Waals surface area contributed by atoms with Gasteiger partial charge in [-0.05, 0) is 142 Å². The highest BCUT2D eigenvalue weighted by Crippen LogP contribution is 2.48. The molecular weight excluding hydrogens is 831 g/mol. The zero-order chi connectivity index (χ0) is 45.9. The van der Waals surface area contributed by atoms with Gasteiger partial charge in [0.2, 0.25) is 0 Å². The molecule has 12 aromatic rings. The topological polar surface area (TPSA) is 3.24 Å². The van der Waals surface area contributed by atoms with Gasteiger partial charge in [0, 0.05) is 17.1 Å². The molecule has 324 valence electrons. The Kier molecular flexibility index (Phi) is 11.0. The van der Waals surface area contributed by atoms with Crippen molar-refractivity contribution in [1.82, 2.24) is 0 Å². The summed E-state index contributed by atoms with van der Waals surface area (Å²) >= 11 is 0. The van der Waals surface area contributed by atoms with E-state index < -0.39 is 0 Å². The molecule has 0 aromatic heterocycles. The molecule has 0 atom stereocenters. The first-order chi connectivity index (χ1) is 34.2. The van der Waals surface area contributed by atoms with Crippen LogP contribution in [0.25, 0.3) is 99.4 Å². The second-order valence-electron chi connectivity index (χ2n) is 17.6. The van der Waals surface area contributed by atoms with E-state index in [1.165, 1.54) is 93.9 Å². The van der Waals surface area contributed by atoms with Crippen LogP contribution >= 0.6 is 0 Å². The second kappa shape index (κ2) is 18.3. The Balaban J connectivity index is 1.09. The summed E-state index contributed by atoms with van der Waals surface area (Å²) < 4.78 is 0. The van der Waals surface area contributed by atoms with Crippen molar-refractivity contribution >= 4 is 38.6 Å². The molecule has 0 aliphatic rings. The first-order valence-electron chi connectivity index (χ1n) is 23.7.